The molecule has 0 saturated heterocycles. The number of anilines is 1. The number of amides is 2. The summed E-state index contributed by atoms with van der Waals surface area (Å²) in [5.41, 5.74) is 2.00. The predicted molar refractivity (Wildman–Crippen MR) is 114 cm³/mol. The van der Waals surface area contributed by atoms with E-state index in [2.05, 4.69) is 10.6 Å². The molecule has 0 spiro atoms. The molecule has 3 aromatic carbocycles. The molecule has 0 radical (unpaired) electrons. The Morgan fingerprint density at radius 1 is 0.833 bits per heavy atom. The maximum absolute atomic E-state index is 12.7. The second-order valence-electron chi connectivity index (χ2n) is 6.64. The van der Waals surface area contributed by atoms with Crippen LogP contribution in [0.25, 0.3) is 0 Å². The van der Waals surface area contributed by atoms with Gasteiger partial charge < -0.3 is 15.4 Å². The van der Waals surface area contributed by atoms with Crippen molar-refractivity contribution in [1.82, 2.24) is 5.32 Å². The summed E-state index contributed by atoms with van der Waals surface area (Å²) in [6, 6.07) is 24.5. The van der Waals surface area contributed by atoms with Crippen molar-refractivity contribution in [2.24, 2.45) is 0 Å². The molecule has 0 saturated carbocycles. The summed E-state index contributed by atoms with van der Waals surface area (Å²) in [5.74, 6) is -1.44. The van der Waals surface area contributed by atoms with Crippen LogP contribution in [0.3, 0.4) is 0 Å². The first kappa shape index (κ1) is 20.8. The first-order valence-electron chi connectivity index (χ1n) is 9.51. The smallest absolute Gasteiger partial charge is 0.338 e. The van der Waals surface area contributed by atoms with Crippen LogP contribution in [0.2, 0.25) is 0 Å². The fourth-order valence-corrected chi connectivity index (χ4v) is 2.86. The number of hydrogen-bond acceptors (Lipinski definition) is 4. The van der Waals surface area contributed by atoms with Crippen LogP contribution in [0.1, 0.15) is 39.2 Å². The van der Waals surface area contributed by atoms with E-state index in [0.717, 1.165) is 5.56 Å². The number of benzene rings is 3. The van der Waals surface area contributed by atoms with Gasteiger partial charge in [0.2, 0.25) is 0 Å². The molecule has 6 nitrogen and oxygen atoms in total. The first-order chi connectivity index (χ1) is 14.5. The van der Waals surface area contributed by atoms with Gasteiger partial charge in [0.1, 0.15) is 0 Å². The Morgan fingerprint density at radius 3 is 2.13 bits per heavy atom. The average molecular weight is 402 g/mol. The summed E-state index contributed by atoms with van der Waals surface area (Å²) in [6.45, 7) is 1.43. The van der Waals surface area contributed by atoms with E-state index in [1.807, 2.05) is 37.3 Å². The van der Waals surface area contributed by atoms with E-state index in [-0.39, 0.29) is 11.9 Å². The van der Waals surface area contributed by atoms with E-state index in [0.29, 0.717) is 16.8 Å². The van der Waals surface area contributed by atoms with E-state index in [4.69, 9.17) is 4.74 Å². The van der Waals surface area contributed by atoms with Crippen molar-refractivity contribution in [3.8, 4) is 0 Å². The molecule has 152 valence electrons. The Bertz CT molecular complexity index is 1020. The lowest BCUT2D eigenvalue weighted by Gasteiger charge is -2.16. The average Bonchev–Trinajstić information content (AvgIpc) is 2.79. The molecule has 0 aliphatic rings. The lowest BCUT2D eigenvalue weighted by atomic mass is 10.1. The van der Waals surface area contributed by atoms with Crippen molar-refractivity contribution in [3.05, 3.63) is 102 Å². The zero-order chi connectivity index (χ0) is 21.3. The number of rotatable bonds is 7. The summed E-state index contributed by atoms with van der Waals surface area (Å²) in [6.07, 6.45) is 0. The van der Waals surface area contributed by atoms with Crippen LogP contribution in [0.5, 0.6) is 0 Å². The monoisotopic (exact) mass is 402 g/mol. The third kappa shape index (κ3) is 5.54. The zero-order valence-corrected chi connectivity index (χ0v) is 16.5. The number of esters is 1. The van der Waals surface area contributed by atoms with Gasteiger partial charge >= 0.3 is 5.97 Å². The minimum atomic E-state index is -0.589. The molecule has 0 aromatic heterocycles. The molecule has 0 fully saturated rings. The lowest BCUT2D eigenvalue weighted by Crippen LogP contribution is -2.28. The summed E-state index contributed by atoms with van der Waals surface area (Å²) in [7, 11) is 0. The van der Waals surface area contributed by atoms with Crippen LogP contribution in [0.15, 0.2) is 84.9 Å². The van der Waals surface area contributed by atoms with E-state index < -0.39 is 18.5 Å². The molecule has 1 atom stereocenters. The van der Waals surface area contributed by atoms with Crippen LogP contribution >= 0.6 is 0 Å². The van der Waals surface area contributed by atoms with E-state index in [1.54, 1.807) is 54.6 Å². The zero-order valence-electron chi connectivity index (χ0n) is 16.5. The number of nitrogens with one attached hydrogen (secondary N) is 2. The molecular weight excluding hydrogens is 380 g/mol. The van der Waals surface area contributed by atoms with Crippen LogP contribution in [-0.2, 0) is 9.53 Å². The van der Waals surface area contributed by atoms with Crippen molar-refractivity contribution in [2.75, 3.05) is 11.9 Å². The van der Waals surface area contributed by atoms with Crippen LogP contribution < -0.4 is 10.6 Å². The molecule has 0 aliphatic carbocycles. The topological polar surface area (TPSA) is 84.5 Å². The molecule has 3 aromatic rings. The quantitative estimate of drug-likeness (QED) is 0.586. The van der Waals surface area contributed by atoms with Crippen molar-refractivity contribution in [3.63, 3.8) is 0 Å². The maximum Gasteiger partial charge on any atom is 0.338 e. The van der Waals surface area contributed by atoms with E-state index in [9.17, 15) is 14.4 Å². The van der Waals surface area contributed by atoms with Gasteiger partial charge in [0.25, 0.3) is 11.8 Å². The summed E-state index contributed by atoms with van der Waals surface area (Å²) in [4.78, 5) is 36.9. The summed E-state index contributed by atoms with van der Waals surface area (Å²) >= 11 is 0. The van der Waals surface area contributed by atoms with E-state index in [1.165, 1.54) is 0 Å². The standard InChI is InChI=1S/C24H22N2O4/c1-17(18-10-4-2-5-11-18)25-23(28)20-14-8-9-15-21(20)26-22(27)16-30-24(29)19-12-6-3-7-13-19/h2-15,17H,16H2,1H3,(H,25,28)(H,26,27)/t17-/m0/s1. The second kappa shape index (κ2) is 10.0. The lowest BCUT2D eigenvalue weighted by molar-refractivity contribution is -0.119. The number of carbonyl (C=O) groups excluding carboxylic acids is 3. The minimum absolute atomic E-state index is 0.200. The molecule has 0 heterocycles. The Labute approximate surface area is 174 Å². The summed E-state index contributed by atoms with van der Waals surface area (Å²) < 4.78 is 5.03. The Balaban J connectivity index is 1.61. The van der Waals surface area contributed by atoms with Crippen molar-refractivity contribution in [1.29, 1.82) is 0 Å². The highest BCUT2D eigenvalue weighted by atomic mass is 16.5. The van der Waals surface area contributed by atoms with E-state index >= 15 is 0 Å². The molecular formula is C24H22N2O4. The van der Waals surface area contributed by atoms with Gasteiger partial charge in [0.15, 0.2) is 6.61 Å². The van der Waals surface area contributed by atoms with Crippen LogP contribution in [-0.4, -0.2) is 24.4 Å². The van der Waals surface area contributed by atoms with Gasteiger partial charge in [-0.3, -0.25) is 9.59 Å². The Kier molecular flexibility index (Phi) is 6.95. The highest BCUT2D eigenvalue weighted by molar-refractivity contribution is 6.04. The normalized spacial score (nSPS) is 11.2. The Morgan fingerprint density at radius 2 is 1.43 bits per heavy atom. The Hall–Kier alpha value is -3.93. The van der Waals surface area contributed by atoms with Gasteiger partial charge in [-0.05, 0) is 36.8 Å². The molecule has 6 heteroatoms. The predicted octanol–water partition coefficient (Wildman–Crippen LogP) is 3.97. The minimum Gasteiger partial charge on any atom is -0.452 e. The molecule has 0 bridgehead atoms. The van der Waals surface area contributed by atoms with Gasteiger partial charge in [-0.2, -0.15) is 0 Å². The SMILES string of the molecule is C[C@H](NC(=O)c1ccccc1NC(=O)COC(=O)c1ccccc1)c1ccccc1. The molecule has 2 amide bonds. The highest BCUT2D eigenvalue weighted by Crippen LogP contribution is 2.18. The van der Waals surface area contributed by atoms with Crippen molar-refractivity contribution >= 4 is 23.5 Å². The maximum atomic E-state index is 12.7. The number of para-hydroxylation sites is 1. The third-order valence-corrected chi connectivity index (χ3v) is 4.44. The second-order valence-corrected chi connectivity index (χ2v) is 6.64. The van der Waals surface area contributed by atoms with Crippen LogP contribution in [0.4, 0.5) is 5.69 Å². The molecule has 3 rings (SSSR count). The van der Waals surface area contributed by atoms with Gasteiger partial charge in [0, 0.05) is 0 Å². The summed E-state index contributed by atoms with van der Waals surface area (Å²) in [5, 5.41) is 5.56. The van der Waals surface area contributed by atoms with Gasteiger partial charge in [-0.1, -0.05) is 60.7 Å². The molecule has 0 aliphatic heterocycles. The van der Waals surface area contributed by atoms with Crippen molar-refractivity contribution < 1.29 is 19.1 Å². The van der Waals surface area contributed by atoms with Gasteiger partial charge in [-0.15, -0.1) is 0 Å². The molecule has 30 heavy (non-hydrogen) atoms. The largest absolute Gasteiger partial charge is 0.452 e. The number of carbonyl (C=O) groups is 3. The number of ether oxygens (including phenoxy) is 1. The molecule has 2 N–H and O–H groups in total. The highest BCUT2D eigenvalue weighted by Gasteiger charge is 2.17. The van der Waals surface area contributed by atoms with Gasteiger partial charge in [-0.25, -0.2) is 4.79 Å². The first-order valence-corrected chi connectivity index (χ1v) is 9.51. The van der Waals surface area contributed by atoms with Gasteiger partial charge in [0.05, 0.1) is 22.9 Å². The molecule has 0 unspecified atom stereocenters. The fraction of sp³-hybridized carbons (Fsp3) is 0.125. The van der Waals surface area contributed by atoms with Crippen LogP contribution in [0, 0.1) is 0 Å². The van der Waals surface area contributed by atoms with Crippen molar-refractivity contribution in [2.45, 2.75) is 13.0 Å². The fourth-order valence-electron chi connectivity index (χ4n) is 2.86. The number of hydrogen-bond donors (Lipinski definition) is 2. The third-order valence-electron chi connectivity index (χ3n) is 4.44.